The topological polar surface area (TPSA) is 108 Å². The van der Waals surface area contributed by atoms with Gasteiger partial charge in [0.05, 0.1) is 42.3 Å². The summed E-state index contributed by atoms with van der Waals surface area (Å²) in [4.78, 5) is 33.1. The predicted molar refractivity (Wildman–Crippen MR) is 125 cm³/mol. The molecule has 4 rings (SSSR count). The van der Waals surface area contributed by atoms with Crippen molar-refractivity contribution in [3.05, 3.63) is 66.6 Å². The SMILES string of the molecule is CCOC(=O)c1cccc(NC(=O)CSc2ncnc3c2cnn3-c2ccc(OC)cc2)c1. The van der Waals surface area contributed by atoms with Gasteiger partial charge in [-0.25, -0.2) is 19.4 Å². The molecule has 0 bridgehead atoms. The molecule has 0 saturated heterocycles. The summed E-state index contributed by atoms with van der Waals surface area (Å²) >= 11 is 1.28. The normalized spacial score (nSPS) is 10.7. The molecular formula is C23H21N5O4S. The first-order valence-electron chi connectivity index (χ1n) is 10.1. The lowest BCUT2D eigenvalue weighted by Crippen LogP contribution is -2.15. The molecule has 0 unspecified atom stereocenters. The van der Waals surface area contributed by atoms with Gasteiger partial charge in [-0.3, -0.25) is 4.79 Å². The highest BCUT2D eigenvalue weighted by atomic mass is 32.2. The third-order valence-electron chi connectivity index (χ3n) is 4.64. The largest absolute Gasteiger partial charge is 0.497 e. The van der Waals surface area contributed by atoms with E-state index in [-0.39, 0.29) is 18.3 Å². The fraction of sp³-hybridized carbons (Fsp3) is 0.174. The predicted octanol–water partition coefficient (Wildman–Crippen LogP) is 3.73. The van der Waals surface area contributed by atoms with Crippen LogP contribution in [0.2, 0.25) is 0 Å². The molecule has 4 aromatic rings. The van der Waals surface area contributed by atoms with Crippen molar-refractivity contribution in [1.82, 2.24) is 19.7 Å². The lowest BCUT2D eigenvalue weighted by molar-refractivity contribution is -0.113. The van der Waals surface area contributed by atoms with E-state index in [1.54, 1.807) is 49.2 Å². The highest BCUT2D eigenvalue weighted by molar-refractivity contribution is 8.00. The molecule has 10 heteroatoms. The number of benzene rings is 2. The standard InChI is InChI=1S/C23H21N5O4S/c1-3-32-23(30)15-5-4-6-16(11-15)27-20(29)13-33-22-19-12-26-28(21(19)24-14-25-22)17-7-9-18(31-2)10-8-17/h4-12,14H,3,13H2,1-2H3,(H,27,29). The highest BCUT2D eigenvalue weighted by Crippen LogP contribution is 2.26. The van der Waals surface area contributed by atoms with Crippen LogP contribution in [0.5, 0.6) is 5.75 Å². The summed E-state index contributed by atoms with van der Waals surface area (Å²) in [6, 6.07) is 14.1. The van der Waals surface area contributed by atoms with Gasteiger partial charge in [0.2, 0.25) is 5.91 Å². The maximum absolute atomic E-state index is 12.5. The van der Waals surface area contributed by atoms with E-state index in [0.29, 0.717) is 21.9 Å². The van der Waals surface area contributed by atoms with Crippen LogP contribution in [0, 0.1) is 0 Å². The number of ether oxygens (including phenoxy) is 2. The van der Waals surface area contributed by atoms with Crippen molar-refractivity contribution in [2.75, 3.05) is 24.8 Å². The van der Waals surface area contributed by atoms with Crippen molar-refractivity contribution in [2.45, 2.75) is 11.9 Å². The molecule has 9 nitrogen and oxygen atoms in total. The molecule has 0 aliphatic rings. The van der Waals surface area contributed by atoms with E-state index in [0.717, 1.165) is 16.8 Å². The van der Waals surface area contributed by atoms with Crippen LogP contribution in [0.15, 0.2) is 66.1 Å². The second kappa shape index (κ2) is 10.1. The van der Waals surface area contributed by atoms with E-state index in [9.17, 15) is 9.59 Å². The Bertz CT molecular complexity index is 1290. The summed E-state index contributed by atoms with van der Waals surface area (Å²) in [6.07, 6.45) is 3.13. The number of rotatable bonds is 8. The fourth-order valence-electron chi connectivity index (χ4n) is 3.12. The van der Waals surface area contributed by atoms with Gasteiger partial charge in [0.1, 0.15) is 17.1 Å². The number of hydrogen-bond acceptors (Lipinski definition) is 8. The minimum Gasteiger partial charge on any atom is -0.497 e. The Morgan fingerprint density at radius 1 is 1.12 bits per heavy atom. The van der Waals surface area contributed by atoms with Gasteiger partial charge in [-0.1, -0.05) is 17.8 Å². The number of anilines is 1. The molecule has 1 N–H and O–H groups in total. The van der Waals surface area contributed by atoms with Crippen molar-refractivity contribution < 1.29 is 19.1 Å². The minimum absolute atomic E-state index is 0.128. The molecule has 0 fully saturated rings. The zero-order chi connectivity index (χ0) is 23.2. The Kier molecular flexibility index (Phi) is 6.84. The Morgan fingerprint density at radius 2 is 1.94 bits per heavy atom. The smallest absolute Gasteiger partial charge is 0.338 e. The number of carbonyl (C=O) groups excluding carboxylic acids is 2. The van der Waals surface area contributed by atoms with Gasteiger partial charge in [-0.15, -0.1) is 0 Å². The molecule has 0 spiro atoms. The molecule has 0 aliphatic heterocycles. The van der Waals surface area contributed by atoms with E-state index in [2.05, 4.69) is 20.4 Å². The fourth-order valence-corrected chi connectivity index (χ4v) is 3.88. The zero-order valence-corrected chi connectivity index (χ0v) is 18.8. The Labute approximate surface area is 194 Å². The molecule has 0 aliphatic carbocycles. The van der Waals surface area contributed by atoms with Crippen LogP contribution in [0.3, 0.4) is 0 Å². The number of aromatic nitrogens is 4. The molecule has 0 radical (unpaired) electrons. The summed E-state index contributed by atoms with van der Waals surface area (Å²) in [6.45, 7) is 2.03. The zero-order valence-electron chi connectivity index (χ0n) is 18.0. The average molecular weight is 464 g/mol. The van der Waals surface area contributed by atoms with Crippen molar-refractivity contribution in [2.24, 2.45) is 0 Å². The molecular weight excluding hydrogens is 442 g/mol. The van der Waals surface area contributed by atoms with Crippen molar-refractivity contribution >= 4 is 40.4 Å². The Morgan fingerprint density at radius 3 is 2.70 bits per heavy atom. The second-order valence-electron chi connectivity index (χ2n) is 6.81. The summed E-state index contributed by atoms with van der Waals surface area (Å²) in [5.41, 5.74) is 2.37. The van der Waals surface area contributed by atoms with E-state index < -0.39 is 5.97 Å². The number of nitrogens with zero attached hydrogens (tertiary/aromatic N) is 4. The monoisotopic (exact) mass is 463 g/mol. The van der Waals surface area contributed by atoms with E-state index in [4.69, 9.17) is 9.47 Å². The van der Waals surface area contributed by atoms with Gasteiger partial charge in [-0.05, 0) is 49.4 Å². The van der Waals surface area contributed by atoms with Crippen LogP contribution in [0.25, 0.3) is 16.7 Å². The maximum Gasteiger partial charge on any atom is 0.338 e. The summed E-state index contributed by atoms with van der Waals surface area (Å²) in [7, 11) is 1.61. The minimum atomic E-state index is -0.430. The van der Waals surface area contributed by atoms with E-state index in [1.807, 2.05) is 24.3 Å². The molecule has 0 saturated carbocycles. The van der Waals surface area contributed by atoms with E-state index in [1.165, 1.54) is 18.1 Å². The molecule has 2 aromatic carbocycles. The van der Waals surface area contributed by atoms with Gasteiger partial charge in [0.15, 0.2) is 5.65 Å². The first kappa shape index (κ1) is 22.3. The van der Waals surface area contributed by atoms with Crippen LogP contribution >= 0.6 is 11.8 Å². The average Bonchev–Trinajstić information content (AvgIpc) is 3.28. The Balaban J connectivity index is 1.45. The van der Waals surface area contributed by atoms with E-state index >= 15 is 0 Å². The second-order valence-corrected chi connectivity index (χ2v) is 7.77. The van der Waals surface area contributed by atoms with Crippen molar-refractivity contribution in [1.29, 1.82) is 0 Å². The number of nitrogens with one attached hydrogen (secondary N) is 1. The van der Waals surface area contributed by atoms with Crippen LogP contribution in [0.1, 0.15) is 17.3 Å². The third-order valence-corrected chi connectivity index (χ3v) is 5.65. The molecule has 1 amide bonds. The van der Waals surface area contributed by atoms with Gasteiger partial charge in [-0.2, -0.15) is 5.10 Å². The van der Waals surface area contributed by atoms with Gasteiger partial charge >= 0.3 is 5.97 Å². The van der Waals surface area contributed by atoms with Crippen LogP contribution in [-0.2, 0) is 9.53 Å². The van der Waals surface area contributed by atoms with Crippen LogP contribution < -0.4 is 10.1 Å². The maximum atomic E-state index is 12.5. The molecule has 2 aromatic heterocycles. The molecule has 0 atom stereocenters. The Hall–Kier alpha value is -3.92. The molecule has 33 heavy (non-hydrogen) atoms. The van der Waals surface area contributed by atoms with Crippen molar-refractivity contribution in [3.63, 3.8) is 0 Å². The summed E-state index contributed by atoms with van der Waals surface area (Å²) < 4.78 is 11.9. The number of esters is 1. The number of amides is 1. The van der Waals surface area contributed by atoms with Crippen LogP contribution in [-0.4, -0.2) is 51.1 Å². The number of fused-ring (bicyclic) bond motifs is 1. The number of methoxy groups -OCH3 is 1. The molecule has 168 valence electrons. The number of thioether (sulfide) groups is 1. The van der Waals surface area contributed by atoms with Gasteiger partial charge in [0, 0.05) is 5.69 Å². The van der Waals surface area contributed by atoms with Crippen LogP contribution in [0.4, 0.5) is 5.69 Å². The summed E-state index contributed by atoms with van der Waals surface area (Å²) in [5.74, 6) is 0.221. The van der Waals surface area contributed by atoms with Gasteiger partial charge < -0.3 is 14.8 Å². The number of carbonyl (C=O) groups is 2. The highest BCUT2D eigenvalue weighted by Gasteiger charge is 2.14. The summed E-state index contributed by atoms with van der Waals surface area (Å²) in [5, 5.41) is 8.62. The quantitative estimate of drug-likeness (QED) is 0.239. The first-order chi connectivity index (χ1) is 16.1. The third kappa shape index (κ3) is 5.12. The number of hydrogen-bond donors (Lipinski definition) is 1. The van der Waals surface area contributed by atoms with Crippen molar-refractivity contribution in [3.8, 4) is 11.4 Å². The van der Waals surface area contributed by atoms with Gasteiger partial charge in [0.25, 0.3) is 0 Å². The molecule has 2 heterocycles. The first-order valence-corrected chi connectivity index (χ1v) is 11.1. The lowest BCUT2D eigenvalue weighted by Gasteiger charge is -2.08. The lowest BCUT2D eigenvalue weighted by atomic mass is 10.2.